The molecule has 210 valence electrons. The van der Waals surface area contributed by atoms with Gasteiger partial charge in [0.2, 0.25) is 5.82 Å². The highest BCUT2D eigenvalue weighted by Gasteiger charge is 2.41. The number of hydrogen-bond donors (Lipinski definition) is 2. The molecule has 9 nitrogen and oxygen atoms in total. The Hall–Kier alpha value is -3.25. The van der Waals surface area contributed by atoms with Crippen LogP contribution in [-0.2, 0) is 11.0 Å². The summed E-state index contributed by atoms with van der Waals surface area (Å²) in [7, 11) is 0. The highest BCUT2D eigenvalue weighted by molar-refractivity contribution is 5.67. The van der Waals surface area contributed by atoms with Gasteiger partial charge < -0.3 is 19.6 Å². The van der Waals surface area contributed by atoms with Gasteiger partial charge in [0, 0.05) is 25.1 Å². The third-order valence-electron chi connectivity index (χ3n) is 7.69. The first kappa shape index (κ1) is 27.3. The molecule has 2 aliphatic rings. The molecule has 2 fully saturated rings. The van der Waals surface area contributed by atoms with Gasteiger partial charge >= 0.3 is 12.1 Å². The molecular formula is C27H32F3N5O4. The van der Waals surface area contributed by atoms with E-state index in [1.807, 2.05) is 0 Å². The van der Waals surface area contributed by atoms with Crippen LogP contribution in [0.1, 0.15) is 74.8 Å². The van der Waals surface area contributed by atoms with E-state index in [2.05, 4.69) is 20.1 Å². The molecule has 39 heavy (non-hydrogen) atoms. The largest absolute Gasteiger partial charge is 0.481 e. The first-order valence-electron chi connectivity index (χ1n) is 13.4. The molecule has 0 bridgehead atoms. The molecule has 0 spiro atoms. The Morgan fingerprint density at radius 3 is 2.54 bits per heavy atom. The predicted molar refractivity (Wildman–Crippen MR) is 134 cm³/mol. The molecule has 3 heterocycles. The van der Waals surface area contributed by atoms with E-state index in [0.29, 0.717) is 37.1 Å². The van der Waals surface area contributed by atoms with E-state index in [1.165, 1.54) is 0 Å². The van der Waals surface area contributed by atoms with Crippen molar-refractivity contribution in [1.29, 1.82) is 0 Å². The van der Waals surface area contributed by atoms with Crippen molar-refractivity contribution in [2.45, 2.75) is 69.7 Å². The monoisotopic (exact) mass is 547 g/mol. The summed E-state index contributed by atoms with van der Waals surface area (Å²) < 4.78 is 48.5. The highest BCUT2D eigenvalue weighted by atomic mass is 19.4. The molecule has 2 atom stereocenters. The first-order chi connectivity index (χ1) is 18.7. The number of likely N-dealkylation sites (tertiary alicyclic amines) is 1. The summed E-state index contributed by atoms with van der Waals surface area (Å²) in [6.45, 7) is 1.81. The smallest absolute Gasteiger partial charge is 0.433 e. The second kappa shape index (κ2) is 11.5. The number of alkyl halides is 3. The van der Waals surface area contributed by atoms with Crippen molar-refractivity contribution in [2.24, 2.45) is 5.92 Å². The lowest BCUT2D eigenvalue weighted by molar-refractivity contribution is -0.145. The van der Waals surface area contributed by atoms with Crippen LogP contribution in [0.2, 0.25) is 0 Å². The number of halogens is 3. The number of carboxylic acid groups (broad SMARTS) is 1. The number of piperidine rings is 1. The van der Waals surface area contributed by atoms with Crippen LogP contribution in [0.5, 0.6) is 0 Å². The minimum atomic E-state index is -4.63. The Kier molecular flexibility index (Phi) is 8.03. The fraction of sp³-hybridized carbons (Fsp3) is 0.556. The van der Waals surface area contributed by atoms with Gasteiger partial charge in [0.1, 0.15) is 0 Å². The summed E-state index contributed by atoms with van der Waals surface area (Å²) in [6.07, 6.45) is 1.68. The Balaban J connectivity index is 1.29. The van der Waals surface area contributed by atoms with E-state index in [0.717, 1.165) is 49.5 Å². The molecule has 0 amide bonds. The third kappa shape index (κ3) is 6.33. The van der Waals surface area contributed by atoms with E-state index in [1.54, 1.807) is 24.3 Å². The minimum absolute atomic E-state index is 0.0749. The van der Waals surface area contributed by atoms with Gasteiger partial charge in [-0.25, -0.2) is 0 Å². The fourth-order valence-corrected chi connectivity index (χ4v) is 5.79. The second-order valence-corrected chi connectivity index (χ2v) is 10.6. The maximum atomic E-state index is 14.1. The average Bonchev–Trinajstić information content (AvgIpc) is 3.57. The van der Waals surface area contributed by atoms with Crippen molar-refractivity contribution in [2.75, 3.05) is 19.6 Å². The molecule has 0 radical (unpaired) electrons. The van der Waals surface area contributed by atoms with Crippen LogP contribution >= 0.6 is 0 Å². The van der Waals surface area contributed by atoms with Crippen molar-refractivity contribution < 1.29 is 32.7 Å². The number of aliphatic carboxylic acids is 1. The van der Waals surface area contributed by atoms with Gasteiger partial charge in [-0.1, -0.05) is 48.7 Å². The summed E-state index contributed by atoms with van der Waals surface area (Å²) in [5, 5.41) is 27.8. The first-order valence-corrected chi connectivity index (χ1v) is 13.4. The van der Waals surface area contributed by atoms with E-state index in [4.69, 9.17) is 9.63 Å². The number of aliphatic hydroxyl groups is 1. The molecule has 0 unspecified atom stereocenters. The van der Waals surface area contributed by atoms with Gasteiger partial charge in [-0.2, -0.15) is 23.3 Å². The second-order valence-electron chi connectivity index (χ2n) is 10.6. The van der Waals surface area contributed by atoms with Gasteiger partial charge in [-0.3, -0.25) is 9.48 Å². The maximum Gasteiger partial charge on any atom is 0.433 e. The molecule has 1 saturated heterocycles. The highest BCUT2D eigenvalue weighted by Crippen LogP contribution is 2.41. The zero-order valence-electron chi connectivity index (χ0n) is 21.5. The Bertz CT molecular complexity index is 1270. The Labute approximate surface area is 223 Å². The number of benzene rings is 1. The van der Waals surface area contributed by atoms with Crippen LogP contribution in [-0.4, -0.2) is 60.6 Å². The SMILES string of the molecule is O=C(O)C[C@H]1CCCN(C[C@@H](O)c2ccc(-c3noc(-c4cnn(C5CCCCC5)c4C(F)(F)F)n3)cc2)C1. The summed E-state index contributed by atoms with van der Waals surface area (Å²) in [5.74, 6) is -0.845. The Morgan fingerprint density at radius 1 is 1.10 bits per heavy atom. The zero-order valence-corrected chi connectivity index (χ0v) is 21.5. The lowest BCUT2D eigenvalue weighted by atomic mass is 9.94. The quantitative estimate of drug-likeness (QED) is 0.388. The van der Waals surface area contributed by atoms with Gasteiger partial charge in [0.25, 0.3) is 5.89 Å². The Morgan fingerprint density at radius 2 is 1.85 bits per heavy atom. The van der Waals surface area contributed by atoms with Crippen LogP contribution in [0.15, 0.2) is 35.0 Å². The number of carboxylic acids is 1. The van der Waals surface area contributed by atoms with Gasteiger partial charge in [0.15, 0.2) is 5.69 Å². The van der Waals surface area contributed by atoms with Crippen LogP contribution in [0, 0.1) is 5.92 Å². The van der Waals surface area contributed by atoms with Crippen LogP contribution < -0.4 is 0 Å². The van der Waals surface area contributed by atoms with E-state index in [9.17, 15) is 23.1 Å². The topological polar surface area (TPSA) is 118 Å². The number of aromatic nitrogens is 4. The molecule has 12 heteroatoms. The van der Waals surface area contributed by atoms with Crippen molar-refractivity contribution in [1.82, 2.24) is 24.8 Å². The predicted octanol–water partition coefficient (Wildman–Crippen LogP) is 5.34. The fourth-order valence-electron chi connectivity index (χ4n) is 5.79. The van der Waals surface area contributed by atoms with Crippen molar-refractivity contribution in [3.63, 3.8) is 0 Å². The molecule has 1 aromatic carbocycles. The number of hydrogen-bond acceptors (Lipinski definition) is 7. The zero-order chi connectivity index (χ0) is 27.6. The molecule has 1 saturated carbocycles. The number of carbonyl (C=O) groups is 1. The molecule has 2 aromatic heterocycles. The number of aliphatic hydroxyl groups excluding tert-OH is 1. The third-order valence-corrected chi connectivity index (χ3v) is 7.69. The number of β-amino-alcohol motifs (C(OH)–C–C–N with tert-alkyl or cyclic N) is 1. The van der Waals surface area contributed by atoms with Crippen LogP contribution in [0.3, 0.4) is 0 Å². The summed E-state index contributed by atoms with van der Waals surface area (Å²) in [5.41, 5.74) is 0.0950. The van der Waals surface area contributed by atoms with Crippen LogP contribution in [0.25, 0.3) is 22.8 Å². The average molecular weight is 548 g/mol. The van der Waals surface area contributed by atoms with Crippen molar-refractivity contribution in [3.8, 4) is 22.8 Å². The number of nitrogens with zero attached hydrogens (tertiary/aromatic N) is 5. The summed E-state index contributed by atoms with van der Waals surface area (Å²) >= 11 is 0. The van der Waals surface area contributed by atoms with Gasteiger partial charge in [-0.05, 0) is 43.7 Å². The normalized spacial score (nSPS) is 20.3. The van der Waals surface area contributed by atoms with Crippen molar-refractivity contribution in [3.05, 3.63) is 41.7 Å². The standard InChI is InChI=1S/C27H32F3N5O4/c28-27(29,30)24-21(14-31-35(24)20-6-2-1-3-7-20)26-32-25(33-39-26)19-10-8-18(9-11-19)22(36)16-34-12-4-5-17(15-34)13-23(37)38/h8-11,14,17,20,22,36H,1-7,12-13,15-16H2,(H,37,38)/t17-,22-/m1/s1. The number of rotatable bonds is 8. The molecule has 1 aliphatic heterocycles. The van der Waals surface area contributed by atoms with E-state index in [-0.39, 0.29) is 35.7 Å². The van der Waals surface area contributed by atoms with Crippen LogP contribution in [0.4, 0.5) is 13.2 Å². The molecule has 1 aliphatic carbocycles. The summed E-state index contributed by atoms with van der Waals surface area (Å²) in [4.78, 5) is 17.3. The summed E-state index contributed by atoms with van der Waals surface area (Å²) in [6, 6.07) is 6.51. The van der Waals surface area contributed by atoms with Gasteiger partial charge in [0.05, 0.1) is 23.9 Å². The molecular weight excluding hydrogens is 515 g/mol. The molecule has 3 aromatic rings. The van der Waals surface area contributed by atoms with E-state index < -0.39 is 23.9 Å². The maximum absolute atomic E-state index is 14.1. The lowest BCUT2D eigenvalue weighted by Gasteiger charge is -2.33. The lowest BCUT2D eigenvalue weighted by Crippen LogP contribution is -2.38. The van der Waals surface area contributed by atoms with Crippen molar-refractivity contribution >= 4 is 5.97 Å². The van der Waals surface area contributed by atoms with E-state index >= 15 is 0 Å². The van der Waals surface area contributed by atoms with Gasteiger partial charge in [-0.15, -0.1) is 0 Å². The molecule has 2 N–H and O–H groups in total. The molecule has 5 rings (SSSR count). The minimum Gasteiger partial charge on any atom is -0.481 e.